The Morgan fingerprint density at radius 3 is 1.52 bits per heavy atom. The molecule has 0 spiro atoms. The number of ketones is 2. The number of allylic oxidation sites excluding steroid dienone is 3. The summed E-state index contributed by atoms with van der Waals surface area (Å²) in [6.45, 7) is 4.61. The molecule has 2 fully saturated rings. The van der Waals surface area contributed by atoms with Crippen molar-refractivity contribution in [3.63, 3.8) is 0 Å². The third-order valence-corrected chi connectivity index (χ3v) is 11.7. The predicted octanol–water partition coefficient (Wildman–Crippen LogP) is 9.87. The zero-order valence-electron chi connectivity index (χ0n) is 24.5. The normalized spacial score (nSPS) is 25.1. The van der Waals surface area contributed by atoms with Crippen LogP contribution in [0.1, 0.15) is 85.9 Å². The van der Waals surface area contributed by atoms with Crippen molar-refractivity contribution < 1.29 is 9.59 Å². The summed E-state index contributed by atoms with van der Waals surface area (Å²) in [5.74, 6) is 2.38. The first kappa shape index (κ1) is 30.0. The quantitative estimate of drug-likeness (QED) is 0.120. The molecule has 2 saturated carbocycles. The summed E-state index contributed by atoms with van der Waals surface area (Å²) in [5.41, 5.74) is 1.65. The number of benzene rings is 2. The summed E-state index contributed by atoms with van der Waals surface area (Å²) < 4.78 is 0. The van der Waals surface area contributed by atoms with Gasteiger partial charge in [-0.05, 0) is 61.8 Å². The number of rotatable bonds is 3. The maximum Gasteiger partial charge on any atom is 0.199 e. The molecule has 228 valence electrons. The van der Waals surface area contributed by atoms with Crippen molar-refractivity contribution in [2.75, 3.05) is 9.80 Å². The Morgan fingerprint density at radius 2 is 1.09 bits per heavy atom. The molecule has 0 radical (unpaired) electrons. The van der Waals surface area contributed by atoms with Crippen molar-refractivity contribution in [1.82, 2.24) is 9.97 Å². The molecule has 4 aliphatic rings. The van der Waals surface area contributed by atoms with Gasteiger partial charge in [-0.15, -0.1) is 0 Å². The lowest BCUT2D eigenvalue weighted by Crippen LogP contribution is -2.46. The molecular weight excluding hydrogens is 638 g/mol. The number of carbonyl (C=O) groups is 2. The van der Waals surface area contributed by atoms with Crippen molar-refractivity contribution in [2.24, 2.45) is 11.8 Å². The number of fused-ring (bicyclic) bond motifs is 3. The van der Waals surface area contributed by atoms with Gasteiger partial charge in [0, 0.05) is 12.1 Å². The molecule has 0 bridgehead atoms. The Labute approximate surface area is 277 Å². The molecule has 1 aromatic heterocycles. The van der Waals surface area contributed by atoms with Gasteiger partial charge in [-0.2, -0.15) is 0 Å². The van der Waals surface area contributed by atoms with Crippen LogP contribution in [0.15, 0.2) is 47.8 Å². The minimum Gasteiger partial charge on any atom is -0.306 e. The highest BCUT2D eigenvalue weighted by Crippen LogP contribution is 2.49. The second-order valence-corrected chi connectivity index (χ2v) is 14.0. The molecular formula is C34H32Cl4N4O2. The highest BCUT2D eigenvalue weighted by Gasteiger charge is 2.45. The second kappa shape index (κ2) is 11.6. The van der Waals surface area contributed by atoms with Crippen LogP contribution in [-0.2, 0) is 0 Å². The molecule has 10 heteroatoms. The summed E-state index contributed by atoms with van der Waals surface area (Å²) in [5, 5.41) is -0.199. The SMILES string of the molecule is CC1CCCCC1N1C(=CC=C2C(=O)c3c(Cl)c(Cl)c(Cl)c(Cl)c3C2=O)N(C2CCCCC2C)c2nc3ccccc3nc21. The second-order valence-electron chi connectivity index (χ2n) is 12.5. The van der Waals surface area contributed by atoms with E-state index >= 15 is 0 Å². The largest absolute Gasteiger partial charge is 0.306 e. The van der Waals surface area contributed by atoms with Crippen LogP contribution in [0.4, 0.5) is 11.6 Å². The van der Waals surface area contributed by atoms with E-state index in [0.29, 0.717) is 11.8 Å². The summed E-state index contributed by atoms with van der Waals surface area (Å²) >= 11 is 25.4. The van der Waals surface area contributed by atoms with Gasteiger partial charge in [0.25, 0.3) is 0 Å². The fourth-order valence-electron chi connectivity index (χ4n) is 7.55. The molecule has 44 heavy (non-hydrogen) atoms. The molecule has 3 aromatic rings. The van der Waals surface area contributed by atoms with Gasteiger partial charge >= 0.3 is 0 Å². The summed E-state index contributed by atoms with van der Waals surface area (Å²) in [6, 6.07) is 8.36. The molecule has 0 N–H and O–H groups in total. The molecule has 7 rings (SSSR count). The van der Waals surface area contributed by atoms with Crippen LogP contribution in [0.25, 0.3) is 11.0 Å². The van der Waals surface area contributed by atoms with Gasteiger partial charge in [-0.25, -0.2) is 9.97 Å². The highest BCUT2D eigenvalue weighted by molar-refractivity contribution is 6.57. The number of nitrogens with zero attached hydrogens (tertiary/aromatic N) is 4. The molecule has 4 atom stereocenters. The molecule has 2 aromatic carbocycles. The van der Waals surface area contributed by atoms with Crippen molar-refractivity contribution in [2.45, 2.75) is 77.3 Å². The van der Waals surface area contributed by atoms with E-state index in [1.165, 1.54) is 12.8 Å². The van der Waals surface area contributed by atoms with E-state index in [-0.39, 0.29) is 48.9 Å². The van der Waals surface area contributed by atoms with Gasteiger partial charge in [0.15, 0.2) is 23.2 Å². The zero-order valence-corrected chi connectivity index (χ0v) is 27.6. The van der Waals surface area contributed by atoms with E-state index in [1.807, 2.05) is 30.3 Å². The van der Waals surface area contributed by atoms with Crippen LogP contribution in [0, 0.1) is 11.8 Å². The molecule has 4 unspecified atom stereocenters. The van der Waals surface area contributed by atoms with E-state index in [0.717, 1.165) is 67.0 Å². The summed E-state index contributed by atoms with van der Waals surface area (Å²) in [6.07, 6.45) is 12.4. The van der Waals surface area contributed by atoms with E-state index in [4.69, 9.17) is 56.4 Å². The van der Waals surface area contributed by atoms with Crippen LogP contribution in [0.3, 0.4) is 0 Å². The number of aromatic nitrogens is 2. The number of para-hydroxylation sites is 2. The average Bonchev–Trinajstić information content (AvgIpc) is 3.46. The fourth-order valence-corrected chi connectivity index (χ4v) is 8.58. The summed E-state index contributed by atoms with van der Waals surface area (Å²) in [4.78, 5) is 42.5. The number of hydrogen-bond acceptors (Lipinski definition) is 6. The Bertz CT molecular complexity index is 1670. The Kier molecular flexibility index (Phi) is 7.93. The number of carbonyl (C=O) groups excluding carboxylic acids is 2. The smallest absolute Gasteiger partial charge is 0.199 e. The Balaban J connectivity index is 1.43. The van der Waals surface area contributed by atoms with E-state index < -0.39 is 11.6 Å². The lowest BCUT2D eigenvalue weighted by Gasteiger charge is -2.41. The number of halogens is 4. The first-order valence-corrected chi connectivity index (χ1v) is 16.9. The maximum absolute atomic E-state index is 13.7. The monoisotopic (exact) mass is 668 g/mol. The van der Waals surface area contributed by atoms with Gasteiger partial charge in [0.05, 0.1) is 47.8 Å². The number of hydrogen-bond donors (Lipinski definition) is 0. The lowest BCUT2D eigenvalue weighted by molar-refractivity contribution is 0.0989. The van der Waals surface area contributed by atoms with Crippen molar-refractivity contribution in [1.29, 1.82) is 0 Å². The Morgan fingerprint density at radius 1 is 0.659 bits per heavy atom. The topological polar surface area (TPSA) is 66.4 Å². The zero-order chi connectivity index (χ0) is 30.9. The molecule has 0 saturated heterocycles. The van der Waals surface area contributed by atoms with E-state index in [9.17, 15) is 9.59 Å². The Hall–Kier alpha value is -2.64. The predicted molar refractivity (Wildman–Crippen MR) is 179 cm³/mol. The van der Waals surface area contributed by atoms with Crippen LogP contribution >= 0.6 is 46.4 Å². The molecule has 2 heterocycles. The van der Waals surface area contributed by atoms with Crippen LogP contribution in [0.5, 0.6) is 0 Å². The number of anilines is 2. The molecule has 0 amide bonds. The third-order valence-electron chi connectivity index (χ3n) is 9.89. The van der Waals surface area contributed by atoms with Crippen molar-refractivity contribution in [3.05, 3.63) is 79.0 Å². The molecule has 1 aliphatic heterocycles. The standard InChI is InChI=1S/C34H32Cl4N4O2/c1-17-9-3-7-13-22(17)41-24(16-15-19-31(43)25-26(32(19)44)28(36)30(38)29(37)27(25)35)42(23-14-8-4-10-18(23)2)34-33(41)39-20-11-5-6-12-21(20)40-34/h5-6,11-12,15-18,22-23H,3-4,7-10,13-14H2,1-2H3. The average molecular weight is 670 g/mol. The van der Waals surface area contributed by atoms with Crippen molar-refractivity contribution >= 4 is 80.6 Å². The lowest BCUT2D eigenvalue weighted by atomic mass is 9.84. The van der Waals surface area contributed by atoms with Crippen LogP contribution in [0.2, 0.25) is 20.1 Å². The number of Topliss-reactive ketones (excluding diaryl/α,β-unsaturated/α-hetero) is 2. The summed E-state index contributed by atoms with van der Waals surface area (Å²) in [7, 11) is 0. The molecule has 3 aliphatic carbocycles. The van der Waals surface area contributed by atoms with E-state index in [2.05, 4.69) is 23.6 Å². The first-order chi connectivity index (χ1) is 21.2. The molecule has 6 nitrogen and oxygen atoms in total. The minimum absolute atomic E-state index is 0.000486. The van der Waals surface area contributed by atoms with Gasteiger partial charge in [-0.3, -0.25) is 9.59 Å². The van der Waals surface area contributed by atoms with Crippen LogP contribution < -0.4 is 9.80 Å². The third kappa shape index (κ3) is 4.67. The van der Waals surface area contributed by atoms with Gasteiger partial charge in [-0.1, -0.05) is 98.1 Å². The highest BCUT2D eigenvalue weighted by atomic mass is 35.5. The van der Waals surface area contributed by atoms with E-state index in [1.54, 1.807) is 6.08 Å². The minimum atomic E-state index is -0.514. The first-order valence-electron chi connectivity index (χ1n) is 15.4. The van der Waals surface area contributed by atoms with Gasteiger partial charge in [0.2, 0.25) is 0 Å². The van der Waals surface area contributed by atoms with Crippen LogP contribution in [-0.4, -0.2) is 33.6 Å². The van der Waals surface area contributed by atoms with Crippen molar-refractivity contribution in [3.8, 4) is 0 Å². The van der Waals surface area contributed by atoms with Gasteiger partial charge < -0.3 is 9.80 Å². The fraction of sp³-hybridized carbons (Fsp3) is 0.412. The van der Waals surface area contributed by atoms with Gasteiger partial charge in [0.1, 0.15) is 5.82 Å². The maximum atomic E-state index is 13.7.